The average molecular weight is 391 g/mol. The van der Waals surface area contributed by atoms with Crippen molar-refractivity contribution in [2.75, 3.05) is 11.9 Å². The molecule has 150 valence electrons. The van der Waals surface area contributed by atoms with Crippen LogP contribution in [-0.4, -0.2) is 37.2 Å². The van der Waals surface area contributed by atoms with E-state index in [0.29, 0.717) is 43.3 Å². The van der Waals surface area contributed by atoms with Gasteiger partial charge in [0.25, 0.3) is 5.91 Å². The molecule has 0 fully saturated rings. The van der Waals surface area contributed by atoms with E-state index in [9.17, 15) is 4.79 Å². The van der Waals surface area contributed by atoms with Crippen LogP contribution in [0.2, 0.25) is 0 Å². The molecule has 4 rings (SSSR count). The van der Waals surface area contributed by atoms with E-state index in [1.165, 1.54) is 5.56 Å². The number of rotatable bonds is 7. The molecule has 0 bridgehead atoms. The molecule has 0 radical (unpaired) electrons. The fourth-order valence-corrected chi connectivity index (χ4v) is 3.49. The van der Waals surface area contributed by atoms with Crippen molar-refractivity contribution in [1.29, 1.82) is 0 Å². The van der Waals surface area contributed by atoms with Crippen LogP contribution < -0.4 is 10.6 Å². The van der Waals surface area contributed by atoms with Crippen LogP contribution in [0, 0.1) is 0 Å². The van der Waals surface area contributed by atoms with Crippen molar-refractivity contribution >= 4 is 11.7 Å². The summed E-state index contributed by atoms with van der Waals surface area (Å²) >= 11 is 0. The monoisotopic (exact) mass is 391 g/mol. The van der Waals surface area contributed by atoms with E-state index in [4.69, 9.17) is 4.98 Å². The molecule has 2 N–H and O–H groups in total. The lowest BCUT2D eigenvalue weighted by molar-refractivity contribution is 0.0940. The Morgan fingerprint density at radius 3 is 2.79 bits per heavy atom. The Bertz CT molecular complexity index is 998. The second-order valence-electron chi connectivity index (χ2n) is 7.41. The number of anilines is 1. The van der Waals surface area contributed by atoms with Crippen LogP contribution in [0.1, 0.15) is 53.2 Å². The number of carbonyl (C=O) groups excluding carboxylic acids is 1. The van der Waals surface area contributed by atoms with E-state index in [0.717, 1.165) is 17.8 Å². The van der Waals surface area contributed by atoms with Crippen LogP contribution in [0.5, 0.6) is 0 Å². The van der Waals surface area contributed by atoms with Gasteiger partial charge in [0, 0.05) is 24.6 Å². The van der Waals surface area contributed by atoms with E-state index in [-0.39, 0.29) is 11.9 Å². The summed E-state index contributed by atoms with van der Waals surface area (Å²) in [5.74, 6) is 2.07. The zero-order valence-electron chi connectivity index (χ0n) is 16.7. The van der Waals surface area contributed by atoms with Crippen LogP contribution in [0.4, 0.5) is 5.82 Å². The van der Waals surface area contributed by atoms with Crippen LogP contribution in [-0.2, 0) is 25.8 Å². The Morgan fingerprint density at radius 1 is 1.17 bits per heavy atom. The Kier molecular flexibility index (Phi) is 5.50. The minimum atomic E-state index is -0.136. The number of hydrogen-bond acceptors (Lipinski definition) is 6. The first-order valence-corrected chi connectivity index (χ1v) is 9.96. The summed E-state index contributed by atoms with van der Waals surface area (Å²) in [6, 6.07) is 10.5. The Balaban J connectivity index is 1.58. The molecule has 1 aliphatic rings. The molecule has 2 aromatic heterocycles. The highest BCUT2D eigenvalue weighted by Gasteiger charge is 2.24. The molecular formula is C21H25N7O. The molecule has 1 aromatic carbocycles. The summed E-state index contributed by atoms with van der Waals surface area (Å²) in [4.78, 5) is 21.7. The van der Waals surface area contributed by atoms with Crippen molar-refractivity contribution in [1.82, 2.24) is 30.0 Å². The standard InChI is InChI=1S/C21H25N7O/c1-14(2)28-13-24-27-18(28)12-23-20-16-10-11-22-21(29)19(16)25-17(26-20)9-8-15-6-4-3-5-7-15/h3-7,13-14H,8-12H2,1-2H3,(H,22,29)(H,23,25,26). The predicted octanol–water partition coefficient (Wildman–Crippen LogP) is 2.33. The van der Waals surface area contributed by atoms with Gasteiger partial charge in [0.05, 0.1) is 6.54 Å². The van der Waals surface area contributed by atoms with Gasteiger partial charge in [-0.05, 0) is 32.3 Å². The molecule has 8 heteroatoms. The van der Waals surface area contributed by atoms with E-state index >= 15 is 0 Å². The highest BCUT2D eigenvalue weighted by Crippen LogP contribution is 2.22. The van der Waals surface area contributed by atoms with Crippen molar-refractivity contribution in [3.8, 4) is 0 Å². The van der Waals surface area contributed by atoms with E-state index in [2.05, 4.69) is 51.8 Å². The highest BCUT2D eigenvalue weighted by molar-refractivity contribution is 5.96. The van der Waals surface area contributed by atoms with Crippen molar-refractivity contribution in [2.24, 2.45) is 0 Å². The normalized spacial score (nSPS) is 13.3. The molecule has 0 spiro atoms. The summed E-state index contributed by atoms with van der Waals surface area (Å²) in [5, 5.41) is 14.5. The molecule has 0 unspecified atom stereocenters. The van der Waals surface area contributed by atoms with Crippen LogP contribution >= 0.6 is 0 Å². The van der Waals surface area contributed by atoms with Crippen LogP contribution in [0.25, 0.3) is 0 Å². The van der Waals surface area contributed by atoms with Gasteiger partial charge in [-0.3, -0.25) is 4.79 Å². The van der Waals surface area contributed by atoms with Gasteiger partial charge in [0.15, 0.2) is 5.82 Å². The summed E-state index contributed by atoms with van der Waals surface area (Å²) < 4.78 is 2.02. The second kappa shape index (κ2) is 8.38. The van der Waals surface area contributed by atoms with Crippen molar-refractivity contribution in [3.63, 3.8) is 0 Å². The molecule has 3 heterocycles. The Hall–Kier alpha value is -3.29. The van der Waals surface area contributed by atoms with E-state index in [1.807, 2.05) is 22.8 Å². The maximum absolute atomic E-state index is 12.4. The maximum atomic E-state index is 12.4. The third kappa shape index (κ3) is 4.26. The van der Waals surface area contributed by atoms with Crippen LogP contribution in [0.3, 0.4) is 0 Å². The molecule has 29 heavy (non-hydrogen) atoms. The summed E-state index contributed by atoms with van der Waals surface area (Å²) in [7, 11) is 0. The molecule has 0 aliphatic carbocycles. The first-order chi connectivity index (χ1) is 14.1. The predicted molar refractivity (Wildman–Crippen MR) is 110 cm³/mol. The molecule has 8 nitrogen and oxygen atoms in total. The molecule has 0 saturated carbocycles. The third-order valence-electron chi connectivity index (χ3n) is 5.03. The minimum absolute atomic E-state index is 0.136. The second-order valence-corrected chi connectivity index (χ2v) is 7.41. The number of benzene rings is 1. The largest absolute Gasteiger partial charge is 0.362 e. The van der Waals surface area contributed by atoms with Crippen LogP contribution in [0.15, 0.2) is 36.7 Å². The van der Waals surface area contributed by atoms with Gasteiger partial charge in [0.1, 0.15) is 23.7 Å². The van der Waals surface area contributed by atoms with Crippen molar-refractivity contribution in [2.45, 2.75) is 45.7 Å². The number of aryl methyl sites for hydroxylation is 2. The smallest absolute Gasteiger partial charge is 0.270 e. The summed E-state index contributed by atoms with van der Waals surface area (Å²) in [6.45, 7) is 5.26. The first-order valence-electron chi connectivity index (χ1n) is 9.96. The van der Waals surface area contributed by atoms with Gasteiger partial charge in [-0.1, -0.05) is 30.3 Å². The lowest BCUT2D eigenvalue weighted by atomic mass is 10.1. The number of aromatic nitrogens is 5. The molecule has 0 atom stereocenters. The highest BCUT2D eigenvalue weighted by atomic mass is 16.1. The number of fused-ring (bicyclic) bond motifs is 1. The number of nitrogens with zero attached hydrogens (tertiary/aromatic N) is 5. The fraction of sp³-hybridized carbons (Fsp3) is 0.381. The number of hydrogen-bond donors (Lipinski definition) is 2. The van der Waals surface area contributed by atoms with Gasteiger partial charge in [0.2, 0.25) is 0 Å². The van der Waals surface area contributed by atoms with Crippen molar-refractivity contribution < 1.29 is 4.79 Å². The molecule has 1 aliphatic heterocycles. The maximum Gasteiger partial charge on any atom is 0.270 e. The quantitative estimate of drug-likeness (QED) is 0.642. The number of carbonyl (C=O) groups is 1. The number of nitrogens with one attached hydrogen (secondary N) is 2. The Labute approximate surface area is 169 Å². The lowest BCUT2D eigenvalue weighted by Gasteiger charge is -2.20. The zero-order valence-corrected chi connectivity index (χ0v) is 16.7. The topological polar surface area (TPSA) is 97.6 Å². The molecule has 1 amide bonds. The third-order valence-corrected chi connectivity index (χ3v) is 5.03. The first kappa shape index (κ1) is 19.0. The number of amides is 1. The van der Waals surface area contributed by atoms with Gasteiger partial charge < -0.3 is 15.2 Å². The van der Waals surface area contributed by atoms with Gasteiger partial charge in [-0.15, -0.1) is 10.2 Å². The van der Waals surface area contributed by atoms with Gasteiger partial charge in [-0.25, -0.2) is 9.97 Å². The van der Waals surface area contributed by atoms with E-state index in [1.54, 1.807) is 6.33 Å². The Morgan fingerprint density at radius 2 is 2.00 bits per heavy atom. The van der Waals surface area contributed by atoms with Gasteiger partial charge >= 0.3 is 0 Å². The molecular weight excluding hydrogens is 366 g/mol. The zero-order chi connectivity index (χ0) is 20.2. The van der Waals surface area contributed by atoms with E-state index < -0.39 is 0 Å². The lowest BCUT2D eigenvalue weighted by Crippen LogP contribution is -2.34. The van der Waals surface area contributed by atoms with Crippen molar-refractivity contribution in [3.05, 3.63) is 65.1 Å². The summed E-state index contributed by atoms with van der Waals surface area (Å²) in [5.41, 5.74) is 2.56. The SMILES string of the molecule is CC(C)n1cnnc1CNc1nc(CCc2ccccc2)nc2c1CCNC2=O. The average Bonchev–Trinajstić information content (AvgIpc) is 3.21. The molecule has 3 aromatic rings. The molecule has 0 saturated heterocycles. The van der Waals surface area contributed by atoms with Gasteiger partial charge in [-0.2, -0.15) is 0 Å². The minimum Gasteiger partial charge on any atom is -0.362 e. The fourth-order valence-electron chi connectivity index (χ4n) is 3.49. The summed E-state index contributed by atoms with van der Waals surface area (Å²) in [6.07, 6.45) is 3.93.